The number of carbonyl (C=O) groups is 1. The van der Waals surface area contributed by atoms with Gasteiger partial charge in [0.25, 0.3) is 0 Å². The Morgan fingerprint density at radius 3 is 2.31 bits per heavy atom. The Labute approximate surface area is 202 Å². The molecular formula is C29H22N4O2. The van der Waals surface area contributed by atoms with Crippen LogP contribution in [0.3, 0.4) is 0 Å². The molecule has 2 aromatic heterocycles. The van der Waals surface area contributed by atoms with Crippen LogP contribution in [-0.4, -0.2) is 16.7 Å². The van der Waals surface area contributed by atoms with Gasteiger partial charge in [0.1, 0.15) is 17.4 Å². The van der Waals surface area contributed by atoms with Crippen molar-refractivity contribution in [3.8, 4) is 28.5 Å². The van der Waals surface area contributed by atoms with E-state index in [2.05, 4.69) is 11.1 Å². The smallest absolute Gasteiger partial charge is 0.238 e. The van der Waals surface area contributed by atoms with E-state index in [1.165, 1.54) is 0 Å². The summed E-state index contributed by atoms with van der Waals surface area (Å²) in [5.74, 6) is 0.498. The molecule has 170 valence electrons. The van der Waals surface area contributed by atoms with Crippen LogP contribution in [0.4, 0.5) is 5.88 Å². The Morgan fingerprint density at radius 1 is 0.971 bits per heavy atom. The number of nitrogens with two attached hydrogens (primary N) is 1. The van der Waals surface area contributed by atoms with Crippen molar-refractivity contribution in [2.24, 2.45) is 10.7 Å². The predicted molar refractivity (Wildman–Crippen MR) is 137 cm³/mol. The van der Waals surface area contributed by atoms with Crippen molar-refractivity contribution in [3.63, 3.8) is 0 Å². The molecule has 35 heavy (non-hydrogen) atoms. The molecule has 5 aromatic rings. The molecule has 0 radical (unpaired) electrons. The number of para-hydroxylation sites is 1. The highest BCUT2D eigenvalue weighted by Gasteiger charge is 2.22. The molecule has 0 spiro atoms. The molecule has 5 rings (SSSR count). The lowest BCUT2D eigenvalue weighted by molar-refractivity contribution is -0.118. The highest BCUT2D eigenvalue weighted by Crippen LogP contribution is 2.42. The number of fused-ring (bicyclic) bond motifs is 1. The first-order chi connectivity index (χ1) is 17.2. The van der Waals surface area contributed by atoms with E-state index in [-0.39, 0.29) is 18.2 Å². The minimum Gasteiger partial charge on any atom is -0.436 e. The number of carbonyl (C=O) groups excluding carboxylic acids is 1. The number of primary amides is 1. The van der Waals surface area contributed by atoms with Gasteiger partial charge < -0.3 is 14.7 Å². The number of nitriles is 1. The molecular weight excluding hydrogens is 436 g/mol. The number of rotatable bonds is 7. The van der Waals surface area contributed by atoms with E-state index in [0.29, 0.717) is 17.9 Å². The molecule has 0 aliphatic heterocycles. The Bertz CT molecular complexity index is 1570. The fourth-order valence-electron chi connectivity index (χ4n) is 4.21. The molecule has 0 saturated carbocycles. The molecule has 3 aromatic carbocycles. The Morgan fingerprint density at radius 2 is 1.63 bits per heavy atom. The van der Waals surface area contributed by atoms with Gasteiger partial charge in [0.2, 0.25) is 11.8 Å². The molecule has 6 heteroatoms. The third kappa shape index (κ3) is 4.35. The average Bonchev–Trinajstić information content (AvgIpc) is 3.45. The zero-order valence-corrected chi connectivity index (χ0v) is 18.9. The summed E-state index contributed by atoms with van der Waals surface area (Å²) < 4.78 is 8.19. The van der Waals surface area contributed by atoms with E-state index in [1.54, 1.807) is 6.21 Å². The summed E-state index contributed by atoms with van der Waals surface area (Å²) in [4.78, 5) is 15.9. The van der Waals surface area contributed by atoms with Gasteiger partial charge in [-0.2, -0.15) is 5.26 Å². The highest BCUT2D eigenvalue weighted by atomic mass is 16.4. The molecule has 0 unspecified atom stereocenters. The largest absolute Gasteiger partial charge is 0.436 e. The standard InChI is InChI=1S/C29H22N4O2/c30-17-24-27(20-9-3-1-4-10-20)28(21-11-5-2-6-12-21)35-29(24)32-18-22-19-33(16-15-26(31)34)25-14-8-7-13-23(22)25/h1-14,18-19H,15-16H2,(H2,31,34)/b32-18+. The van der Waals surface area contributed by atoms with Crippen LogP contribution in [0.5, 0.6) is 0 Å². The molecule has 6 nitrogen and oxygen atoms in total. The van der Waals surface area contributed by atoms with Crippen LogP contribution < -0.4 is 5.73 Å². The third-order valence-corrected chi connectivity index (χ3v) is 5.84. The van der Waals surface area contributed by atoms with Gasteiger partial charge in [0.15, 0.2) is 0 Å². The molecule has 1 amide bonds. The quantitative estimate of drug-likeness (QED) is 0.300. The van der Waals surface area contributed by atoms with Gasteiger partial charge >= 0.3 is 0 Å². The maximum atomic E-state index is 11.3. The number of aryl methyl sites for hydroxylation is 1. The van der Waals surface area contributed by atoms with Gasteiger partial charge in [0, 0.05) is 53.0 Å². The highest BCUT2D eigenvalue weighted by molar-refractivity contribution is 6.00. The van der Waals surface area contributed by atoms with Gasteiger partial charge in [-0.1, -0.05) is 78.9 Å². The monoisotopic (exact) mass is 458 g/mol. The SMILES string of the molecule is N#Cc1c(/N=C/c2cn(CCC(N)=O)c3ccccc23)oc(-c2ccccc2)c1-c1ccccc1. The van der Waals surface area contributed by atoms with Crippen molar-refractivity contribution >= 4 is 28.9 Å². The van der Waals surface area contributed by atoms with Crippen LogP contribution in [0.25, 0.3) is 33.4 Å². The minimum absolute atomic E-state index is 0.243. The number of nitrogens with zero attached hydrogens (tertiary/aromatic N) is 3. The number of hydrogen-bond donors (Lipinski definition) is 1. The van der Waals surface area contributed by atoms with E-state index in [4.69, 9.17) is 10.2 Å². The first-order valence-corrected chi connectivity index (χ1v) is 11.2. The fraction of sp³-hybridized carbons (Fsp3) is 0.0690. The normalized spacial score (nSPS) is 11.2. The Hall–Kier alpha value is -4.89. The van der Waals surface area contributed by atoms with Crippen LogP contribution in [0.1, 0.15) is 17.5 Å². The van der Waals surface area contributed by atoms with Crippen LogP contribution in [0.15, 0.2) is 101 Å². The van der Waals surface area contributed by atoms with Crippen LogP contribution in [0.2, 0.25) is 0 Å². The Kier molecular flexibility index (Phi) is 5.98. The number of aliphatic imine (C=N–C) groups is 1. The fourth-order valence-corrected chi connectivity index (χ4v) is 4.21. The minimum atomic E-state index is -0.353. The average molecular weight is 459 g/mol. The molecule has 0 saturated heterocycles. The molecule has 0 aliphatic rings. The van der Waals surface area contributed by atoms with E-state index in [0.717, 1.165) is 33.2 Å². The van der Waals surface area contributed by atoms with Crippen molar-refractivity contribution in [2.75, 3.05) is 0 Å². The van der Waals surface area contributed by atoms with Gasteiger partial charge in [-0.25, -0.2) is 4.99 Å². The first-order valence-electron chi connectivity index (χ1n) is 11.2. The topological polar surface area (TPSA) is 97.3 Å². The van der Waals surface area contributed by atoms with Crippen LogP contribution >= 0.6 is 0 Å². The molecule has 2 heterocycles. The van der Waals surface area contributed by atoms with E-state index in [1.807, 2.05) is 95.7 Å². The summed E-state index contributed by atoms with van der Waals surface area (Å²) >= 11 is 0. The summed E-state index contributed by atoms with van der Waals surface area (Å²) in [6, 6.07) is 29.6. The van der Waals surface area contributed by atoms with Crippen LogP contribution in [0, 0.1) is 11.3 Å². The number of aromatic nitrogens is 1. The van der Waals surface area contributed by atoms with Crippen molar-refractivity contribution in [1.82, 2.24) is 4.57 Å². The number of furan rings is 1. The molecule has 0 bridgehead atoms. The summed E-state index contributed by atoms with van der Waals surface area (Å²) in [6.45, 7) is 0.476. The summed E-state index contributed by atoms with van der Waals surface area (Å²) in [5, 5.41) is 11.1. The van der Waals surface area contributed by atoms with Gasteiger partial charge in [0.05, 0.1) is 0 Å². The second kappa shape index (κ2) is 9.54. The van der Waals surface area contributed by atoms with Crippen LogP contribution in [-0.2, 0) is 11.3 Å². The first kappa shape index (κ1) is 21.9. The van der Waals surface area contributed by atoms with Crippen molar-refractivity contribution in [1.29, 1.82) is 5.26 Å². The zero-order valence-electron chi connectivity index (χ0n) is 18.9. The molecule has 0 aliphatic carbocycles. The van der Waals surface area contributed by atoms with Gasteiger partial charge in [-0.05, 0) is 11.6 Å². The summed E-state index contributed by atoms with van der Waals surface area (Å²) in [5.41, 5.74) is 10.0. The van der Waals surface area contributed by atoms with Gasteiger partial charge in [-0.15, -0.1) is 0 Å². The molecule has 2 N–H and O–H groups in total. The number of amides is 1. The lowest BCUT2D eigenvalue weighted by atomic mass is 9.98. The van der Waals surface area contributed by atoms with E-state index >= 15 is 0 Å². The maximum absolute atomic E-state index is 11.3. The second-order valence-electron chi connectivity index (χ2n) is 8.10. The predicted octanol–water partition coefficient (Wildman–Crippen LogP) is 6.07. The molecule has 0 fully saturated rings. The zero-order chi connectivity index (χ0) is 24.2. The van der Waals surface area contributed by atoms with Crippen molar-refractivity contribution in [3.05, 3.63) is 102 Å². The van der Waals surface area contributed by atoms with Crippen molar-refractivity contribution < 1.29 is 9.21 Å². The van der Waals surface area contributed by atoms with Gasteiger partial charge in [-0.3, -0.25) is 4.79 Å². The number of benzene rings is 3. The lowest BCUT2D eigenvalue weighted by Crippen LogP contribution is -2.13. The van der Waals surface area contributed by atoms with E-state index < -0.39 is 0 Å². The summed E-state index contributed by atoms with van der Waals surface area (Å²) in [7, 11) is 0. The number of hydrogen-bond acceptors (Lipinski definition) is 4. The Balaban J connectivity index is 1.62. The maximum Gasteiger partial charge on any atom is 0.238 e. The lowest BCUT2D eigenvalue weighted by Gasteiger charge is -2.03. The molecule has 0 atom stereocenters. The van der Waals surface area contributed by atoms with Crippen molar-refractivity contribution in [2.45, 2.75) is 13.0 Å². The second-order valence-corrected chi connectivity index (χ2v) is 8.10. The summed E-state index contributed by atoms with van der Waals surface area (Å²) in [6.07, 6.45) is 3.88. The van der Waals surface area contributed by atoms with E-state index in [9.17, 15) is 10.1 Å². The third-order valence-electron chi connectivity index (χ3n) is 5.84.